The quantitative estimate of drug-likeness (QED) is 0.457. The van der Waals surface area contributed by atoms with Gasteiger partial charge < -0.3 is 9.47 Å². The van der Waals surface area contributed by atoms with Gasteiger partial charge in [-0.15, -0.1) is 0 Å². The topological polar surface area (TPSA) is 37.3 Å². The number of rotatable bonds is 8. The Morgan fingerprint density at radius 2 is 1.67 bits per heavy atom. The molecule has 0 N–H and O–H groups in total. The zero-order valence-electron chi connectivity index (χ0n) is 19.8. The average Bonchev–Trinajstić information content (AvgIpc) is 2.84. The molecular weight excluding hydrogens is 410 g/mol. The van der Waals surface area contributed by atoms with Crippen molar-refractivity contribution in [3.8, 4) is 11.5 Å². The molecule has 0 atom stereocenters. The lowest BCUT2D eigenvalue weighted by molar-refractivity contribution is 0.131. The van der Waals surface area contributed by atoms with Crippen LogP contribution in [0.4, 0.5) is 0 Å². The summed E-state index contributed by atoms with van der Waals surface area (Å²) < 4.78 is 11.5. The smallest absolute Gasteiger partial charge is 0.162 e. The zero-order chi connectivity index (χ0) is 23.0. The van der Waals surface area contributed by atoms with Crippen LogP contribution in [0.25, 0.3) is 0 Å². The number of methoxy groups -OCH3 is 1. The van der Waals surface area contributed by atoms with Crippen molar-refractivity contribution in [3.05, 3.63) is 94.5 Å². The summed E-state index contributed by atoms with van der Waals surface area (Å²) in [6.45, 7) is 9.73. The van der Waals surface area contributed by atoms with Crippen molar-refractivity contribution < 1.29 is 9.47 Å². The molecule has 1 aliphatic heterocycles. The van der Waals surface area contributed by atoms with Gasteiger partial charge in [0.05, 0.1) is 13.3 Å². The van der Waals surface area contributed by atoms with Gasteiger partial charge in [0.15, 0.2) is 11.5 Å². The summed E-state index contributed by atoms with van der Waals surface area (Å²) in [6.07, 6.45) is 1.91. The number of hydrazone groups is 1. The number of aryl methyl sites for hydroxylation is 2. The SMILES string of the molecule is COc1ccc(C=NN2CCN(Cc3ccc(C)cc3C)CC2)cc1OCc1ccccc1. The average molecular weight is 444 g/mol. The Morgan fingerprint density at radius 3 is 2.39 bits per heavy atom. The molecule has 0 amide bonds. The molecule has 0 saturated carbocycles. The van der Waals surface area contributed by atoms with Crippen LogP contribution in [0.5, 0.6) is 11.5 Å². The van der Waals surface area contributed by atoms with E-state index in [1.54, 1.807) is 7.11 Å². The molecule has 5 heteroatoms. The van der Waals surface area contributed by atoms with E-state index in [1.807, 2.05) is 42.6 Å². The normalized spacial score (nSPS) is 14.6. The Labute approximate surface area is 197 Å². The van der Waals surface area contributed by atoms with E-state index in [2.05, 4.69) is 54.1 Å². The maximum atomic E-state index is 6.03. The summed E-state index contributed by atoms with van der Waals surface area (Å²) >= 11 is 0. The Bertz CT molecular complexity index is 1070. The van der Waals surface area contributed by atoms with E-state index in [1.165, 1.54) is 16.7 Å². The minimum Gasteiger partial charge on any atom is -0.493 e. The Hall–Kier alpha value is -3.31. The number of piperazine rings is 1. The summed E-state index contributed by atoms with van der Waals surface area (Å²) in [4.78, 5) is 2.51. The predicted molar refractivity (Wildman–Crippen MR) is 134 cm³/mol. The first kappa shape index (κ1) is 22.9. The van der Waals surface area contributed by atoms with Gasteiger partial charge in [-0.3, -0.25) is 9.91 Å². The highest BCUT2D eigenvalue weighted by molar-refractivity contribution is 5.80. The highest BCUT2D eigenvalue weighted by Gasteiger charge is 2.16. The van der Waals surface area contributed by atoms with Crippen LogP contribution in [-0.4, -0.2) is 49.4 Å². The van der Waals surface area contributed by atoms with E-state index in [-0.39, 0.29) is 0 Å². The number of hydrogen-bond acceptors (Lipinski definition) is 5. The minimum absolute atomic E-state index is 0.500. The lowest BCUT2D eigenvalue weighted by Gasteiger charge is -2.33. The van der Waals surface area contributed by atoms with Gasteiger partial charge in [0.2, 0.25) is 0 Å². The fraction of sp³-hybridized carbons (Fsp3) is 0.321. The van der Waals surface area contributed by atoms with Crippen LogP contribution in [0.1, 0.15) is 27.8 Å². The molecule has 1 saturated heterocycles. The van der Waals surface area contributed by atoms with Gasteiger partial charge in [-0.2, -0.15) is 5.10 Å². The van der Waals surface area contributed by atoms with Crippen LogP contribution in [0.2, 0.25) is 0 Å². The van der Waals surface area contributed by atoms with E-state index >= 15 is 0 Å². The van der Waals surface area contributed by atoms with Crippen molar-refractivity contribution >= 4 is 6.21 Å². The molecule has 3 aromatic rings. The zero-order valence-corrected chi connectivity index (χ0v) is 19.8. The Balaban J connectivity index is 1.32. The number of benzene rings is 3. The Kier molecular flexibility index (Phi) is 7.63. The molecule has 33 heavy (non-hydrogen) atoms. The molecule has 0 aromatic heterocycles. The van der Waals surface area contributed by atoms with Crippen LogP contribution in [0, 0.1) is 13.8 Å². The van der Waals surface area contributed by atoms with E-state index < -0.39 is 0 Å². The fourth-order valence-corrected chi connectivity index (χ4v) is 4.05. The first-order chi connectivity index (χ1) is 16.1. The summed E-state index contributed by atoms with van der Waals surface area (Å²) in [5, 5.41) is 6.87. The molecule has 4 rings (SSSR count). The van der Waals surface area contributed by atoms with Crippen molar-refractivity contribution in [2.75, 3.05) is 33.3 Å². The van der Waals surface area contributed by atoms with Crippen LogP contribution in [-0.2, 0) is 13.2 Å². The van der Waals surface area contributed by atoms with Crippen molar-refractivity contribution in [2.24, 2.45) is 5.10 Å². The lowest BCUT2D eigenvalue weighted by Crippen LogP contribution is -2.43. The number of hydrogen-bond donors (Lipinski definition) is 0. The summed E-state index contributed by atoms with van der Waals surface area (Å²) in [6, 6.07) is 22.8. The van der Waals surface area contributed by atoms with Gasteiger partial charge in [-0.1, -0.05) is 54.1 Å². The molecule has 1 fully saturated rings. The van der Waals surface area contributed by atoms with Crippen LogP contribution in [0.15, 0.2) is 71.8 Å². The summed E-state index contributed by atoms with van der Waals surface area (Å²) in [5.74, 6) is 1.45. The molecule has 0 radical (unpaired) electrons. The van der Waals surface area contributed by atoms with Crippen molar-refractivity contribution in [3.63, 3.8) is 0 Å². The van der Waals surface area contributed by atoms with Gasteiger partial charge in [-0.05, 0) is 54.3 Å². The van der Waals surface area contributed by atoms with Crippen molar-refractivity contribution in [1.29, 1.82) is 0 Å². The third-order valence-corrected chi connectivity index (χ3v) is 6.04. The summed E-state index contributed by atoms with van der Waals surface area (Å²) in [7, 11) is 1.66. The molecule has 0 aliphatic carbocycles. The standard InChI is InChI=1S/C28H33N3O2/c1-22-9-11-26(23(2)17-22)20-30-13-15-31(16-14-30)29-19-25-10-12-27(32-3)28(18-25)33-21-24-7-5-4-6-8-24/h4-12,17-19H,13-16,20-21H2,1-3H3. The maximum absolute atomic E-state index is 6.03. The van der Waals surface area contributed by atoms with Gasteiger partial charge in [0.1, 0.15) is 6.61 Å². The van der Waals surface area contributed by atoms with Gasteiger partial charge in [0, 0.05) is 32.7 Å². The molecule has 0 bridgehead atoms. The first-order valence-electron chi connectivity index (χ1n) is 11.5. The van der Waals surface area contributed by atoms with Crippen LogP contribution in [0.3, 0.4) is 0 Å². The van der Waals surface area contributed by atoms with Crippen molar-refractivity contribution in [1.82, 2.24) is 9.91 Å². The molecule has 172 valence electrons. The van der Waals surface area contributed by atoms with E-state index in [0.29, 0.717) is 6.61 Å². The molecule has 5 nitrogen and oxygen atoms in total. The molecule has 0 unspecified atom stereocenters. The second-order valence-electron chi connectivity index (χ2n) is 8.59. The van der Waals surface area contributed by atoms with E-state index in [0.717, 1.165) is 55.3 Å². The molecule has 1 heterocycles. The Morgan fingerprint density at radius 1 is 0.879 bits per heavy atom. The maximum Gasteiger partial charge on any atom is 0.162 e. The van der Waals surface area contributed by atoms with Gasteiger partial charge in [0.25, 0.3) is 0 Å². The van der Waals surface area contributed by atoms with E-state index in [9.17, 15) is 0 Å². The fourth-order valence-electron chi connectivity index (χ4n) is 4.05. The van der Waals surface area contributed by atoms with Gasteiger partial charge in [-0.25, -0.2) is 0 Å². The van der Waals surface area contributed by atoms with Crippen LogP contribution < -0.4 is 9.47 Å². The van der Waals surface area contributed by atoms with Gasteiger partial charge >= 0.3 is 0 Å². The molecule has 3 aromatic carbocycles. The third-order valence-electron chi connectivity index (χ3n) is 6.04. The van der Waals surface area contributed by atoms with Crippen molar-refractivity contribution in [2.45, 2.75) is 27.0 Å². The molecule has 1 aliphatic rings. The number of ether oxygens (including phenoxy) is 2. The second-order valence-corrected chi connectivity index (χ2v) is 8.59. The van der Waals surface area contributed by atoms with E-state index in [4.69, 9.17) is 14.6 Å². The largest absolute Gasteiger partial charge is 0.493 e. The minimum atomic E-state index is 0.500. The third kappa shape index (κ3) is 6.36. The highest BCUT2D eigenvalue weighted by atomic mass is 16.5. The molecule has 0 spiro atoms. The first-order valence-corrected chi connectivity index (χ1v) is 11.5. The lowest BCUT2D eigenvalue weighted by atomic mass is 10.1. The predicted octanol–water partition coefficient (Wildman–Crippen LogP) is 5.04. The molecular formula is C28H33N3O2. The second kappa shape index (κ2) is 11.0. The van der Waals surface area contributed by atoms with Crippen LogP contribution >= 0.6 is 0 Å². The number of nitrogens with zero attached hydrogens (tertiary/aromatic N) is 3. The summed E-state index contributed by atoms with van der Waals surface area (Å²) in [5.41, 5.74) is 6.23. The highest BCUT2D eigenvalue weighted by Crippen LogP contribution is 2.28. The monoisotopic (exact) mass is 443 g/mol.